The quantitative estimate of drug-likeness (QED) is 0.638. The van der Waals surface area contributed by atoms with E-state index >= 15 is 0 Å². The SMILES string of the molecule is Nc1c(NCCF)cccc1C(=O)O. The van der Waals surface area contributed by atoms with Gasteiger partial charge in [-0.25, -0.2) is 9.18 Å². The van der Waals surface area contributed by atoms with Crippen LogP contribution in [-0.2, 0) is 0 Å². The molecule has 0 aliphatic carbocycles. The molecule has 0 atom stereocenters. The zero-order valence-corrected chi connectivity index (χ0v) is 7.46. The van der Waals surface area contributed by atoms with Crippen molar-refractivity contribution >= 4 is 17.3 Å². The fourth-order valence-corrected chi connectivity index (χ4v) is 1.09. The Balaban J connectivity index is 2.95. The maximum atomic E-state index is 11.8. The lowest BCUT2D eigenvalue weighted by Gasteiger charge is -2.09. The molecule has 0 bridgehead atoms. The van der Waals surface area contributed by atoms with Crippen molar-refractivity contribution in [1.82, 2.24) is 0 Å². The number of rotatable bonds is 4. The number of hydrogen-bond acceptors (Lipinski definition) is 3. The lowest BCUT2D eigenvalue weighted by Crippen LogP contribution is -2.09. The summed E-state index contributed by atoms with van der Waals surface area (Å²) in [5, 5.41) is 11.4. The molecule has 0 amide bonds. The van der Waals surface area contributed by atoms with Crippen LogP contribution in [0.5, 0.6) is 0 Å². The van der Waals surface area contributed by atoms with Crippen molar-refractivity contribution in [1.29, 1.82) is 0 Å². The van der Waals surface area contributed by atoms with Crippen molar-refractivity contribution in [2.75, 3.05) is 24.3 Å². The van der Waals surface area contributed by atoms with Gasteiger partial charge in [0.25, 0.3) is 0 Å². The summed E-state index contributed by atoms with van der Waals surface area (Å²) in [7, 11) is 0. The number of carboxylic acid groups (broad SMARTS) is 1. The minimum Gasteiger partial charge on any atom is -0.478 e. The van der Waals surface area contributed by atoms with E-state index in [1.807, 2.05) is 0 Å². The number of anilines is 2. The monoisotopic (exact) mass is 198 g/mol. The third-order valence-corrected chi connectivity index (χ3v) is 1.75. The average Bonchev–Trinajstić information content (AvgIpc) is 2.16. The van der Waals surface area contributed by atoms with Crippen LogP contribution in [0.1, 0.15) is 10.4 Å². The van der Waals surface area contributed by atoms with Gasteiger partial charge in [0.05, 0.1) is 16.9 Å². The molecule has 0 aliphatic rings. The van der Waals surface area contributed by atoms with Gasteiger partial charge >= 0.3 is 5.97 Å². The van der Waals surface area contributed by atoms with Gasteiger partial charge in [0.15, 0.2) is 0 Å². The smallest absolute Gasteiger partial charge is 0.337 e. The molecule has 0 aromatic heterocycles. The molecule has 0 aliphatic heterocycles. The minimum absolute atomic E-state index is 0.0221. The van der Waals surface area contributed by atoms with Gasteiger partial charge in [-0.05, 0) is 12.1 Å². The molecular formula is C9H11FN2O2. The van der Waals surface area contributed by atoms with Crippen LogP contribution in [0, 0.1) is 0 Å². The molecule has 14 heavy (non-hydrogen) atoms. The number of benzene rings is 1. The van der Waals surface area contributed by atoms with Crippen LogP contribution >= 0.6 is 0 Å². The van der Waals surface area contributed by atoms with Crippen molar-refractivity contribution in [3.63, 3.8) is 0 Å². The van der Waals surface area contributed by atoms with Crippen LogP contribution in [0.4, 0.5) is 15.8 Å². The number of aromatic carboxylic acids is 1. The lowest BCUT2D eigenvalue weighted by atomic mass is 10.1. The lowest BCUT2D eigenvalue weighted by molar-refractivity contribution is 0.0698. The third kappa shape index (κ3) is 2.12. The predicted molar refractivity (Wildman–Crippen MR) is 52.3 cm³/mol. The van der Waals surface area contributed by atoms with Gasteiger partial charge in [0.1, 0.15) is 6.67 Å². The van der Waals surface area contributed by atoms with Gasteiger partial charge < -0.3 is 16.2 Å². The fourth-order valence-electron chi connectivity index (χ4n) is 1.09. The predicted octanol–water partition coefficient (Wildman–Crippen LogP) is 1.35. The fraction of sp³-hybridized carbons (Fsp3) is 0.222. The van der Waals surface area contributed by atoms with Crippen molar-refractivity contribution in [2.24, 2.45) is 0 Å². The second-order valence-electron chi connectivity index (χ2n) is 2.69. The van der Waals surface area contributed by atoms with Crippen LogP contribution in [0.25, 0.3) is 0 Å². The van der Waals surface area contributed by atoms with Crippen LogP contribution < -0.4 is 11.1 Å². The van der Waals surface area contributed by atoms with Crippen LogP contribution in [-0.4, -0.2) is 24.3 Å². The van der Waals surface area contributed by atoms with Gasteiger partial charge in [-0.15, -0.1) is 0 Å². The molecule has 0 radical (unpaired) electrons. The molecule has 1 aromatic rings. The first-order valence-electron chi connectivity index (χ1n) is 4.08. The first-order chi connectivity index (χ1) is 6.66. The molecule has 0 spiro atoms. The van der Waals surface area contributed by atoms with E-state index in [1.54, 1.807) is 12.1 Å². The summed E-state index contributed by atoms with van der Waals surface area (Å²) in [6.07, 6.45) is 0. The largest absolute Gasteiger partial charge is 0.478 e. The molecule has 1 aromatic carbocycles. The number of alkyl halides is 1. The van der Waals surface area contributed by atoms with E-state index in [2.05, 4.69) is 5.32 Å². The van der Waals surface area contributed by atoms with Crippen molar-refractivity contribution < 1.29 is 14.3 Å². The summed E-state index contributed by atoms with van der Waals surface area (Å²) < 4.78 is 11.8. The summed E-state index contributed by atoms with van der Waals surface area (Å²) in [6, 6.07) is 4.57. The number of carboxylic acids is 1. The second kappa shape index (κ2) is 4.45. The summed E-state index contributed by atoms with van der Waals surface area (Å²) in [5.41, 5.74) is 6.16. The summed E-state index contributed by atoms with van der Waals surface area (Å²) in [5.74, 6) is -1.09. The number of nitrogens with one attached hydrogen (secondary N) is 1. The zero-order valence-electron chi connectivity index (χ0n) is 7.46. The Bertz CT molecular complexity index is 342. The van der Waals surface area contributed by atoms with Crippen LogP contribution in [0.2, 0.25) is 0 Å². The van der Waals surface area contributed by atoms with Crippen LogP contribution in [0.15, 0.2) is 18.2 Å². The zero-order chi connectivity index (χ0) is 10.6. The molecule has 5 heteroatoms. The van der Waals surface area contributed by atoms with Crippen LogP contribution in [0.3, 0.4) is 0 Å². The van der Waals surface area contributed by atoms with Gasteiger partial charge in [0.2, 0.25) is 0 Å². The van der Waals surface area contributed by atoms with Crippen molar-refractivity contribution in [2.45, 2.75) is 0 Å². The molecule has 4 N–H and O–H groups in total. The van der Waals surface area contributed by atoms with E-state index in [9.17, 15) is 9.18 Å². The van der Waals surface area contributed by atoms with E-state index in [1.165, 1.54) is 6.07 Å². The number of nitrogen functional groups attached to an aromatic ring is 1. The molecule has 1 rings (SSSR count). The Labute approximate surface area is 80.5 Å². The molecule has 76 valence electrons. The molecule has 0 heterocycles. The standard InChI is InChI=1S/C9H11FN2O2/c10-4-5-12-7-3-1-2-6(8(7)11)9(13)14/h1-3,12H,4-5,11H2,(H,13,14). The normalized spacial score (nSPS) is 9.79. The number of nitrogens with two attached hydrogens (primary N) is 1. The van der Waals surface area contributed by atoms with E-state index in [0.717, 1.165) is 0 Å². The second-order valence-corrected chi connectivity index (χ2v) is 2.69. The van der Waals surface area contributed by atoms with E-state index < -0.39 is 12.6 Å². The Hall–Kier alpha value is -1.78. The molecule has 4 nitrogen and oxygen atoms in total. The van der Waals surface area contributed by atoms with Crippen molar-refractivity contribution in [3.05, 3.63) is 23.8 Å². The number of hydrogen-bond donors (Lipinski definition) is 3. The van der Waals surface area contributed by atoms with E-state index in [-0.39, 0.29) is 17.8 Å². The molecule has 0 saturated heterocycles. The third-order valence-electron chi connectivity index (χ3n) is 1.75. The van der Waals surface area contributed by atoms with Gasteiger partial charge in [-0.1, -0.05) is 6.07 Å². The van der Waals surface area contributed by atoms with Gasteiger partial charge in [-0.3, -0.25) is 0 Å². The molecule has 0 saturated carbocycles. The Morgan fingerprint density at radius 3 is 2.86 bits per heavy atom. The highest BCUT2D eigenvalue weighted by atomic mass is 19.1. The molecule has 0 unspecified atom stereocenters. The summed E-state index contributed by atoms with van der Waals surface area (Å²) in [6.45, 7) is -0.413. The highest BCUT2D eigenvalue weighted by Gasteiger charge is 2.09. The molecular weight excluding hydrogens is 187 g/mol. The maximum absolute atomic E-state index is 11.8. The topological polar surface area (TPSA) is 75.3 Å². The van der Waals surface area contributed by atoms with Crippen molar-refractivity contribution in [3.8, 4) is 0 Å². The first kappa shape index (κ1) is 10.3. The Kier molecular flexibility index (Phi) is 3.28. The highest BCUT2D eigenvalue weighted by Crippen LogP contribution is 2.22. The minimum atomic E-state index is -1.09. The summed E-state index contributed by atoms with van der Waals surface area (Å²) >= 11 is 0. The number of carbonyl (C=O) groups is 1. The average molecular weight is 198 g/mol. The Morgan fingerprint density at radius 1 is 1.57 bits per heavy atom. The summed E-state index contributed by atoms with van der Waals surface area (Å²) in [4.78, 5) is 10.7. The van der Waals surface area contributed by atoms with E-state index in [4.69, 9.17) is 10.8 Å². The maximum Gasteiger partial charge on any atom is 0.337 e. The highest BCUT2D eigenvalue weighted by molar-refractivity contribution is 5.97. The van der Waals surface area contributed by atoms with E-state index in [0.29, 0.717) is 5.69 Å². The molecule has 0 fully saturated rings. The van der Waals surface area contributed by atoms with Gasteiger partial charge in [-0.2, -0.15) is 0 Å². The number of para-hydroxylation sites is 1. The first-order valence-corrected chi connectivity index (χ1v) is 4.08. The van der Waals surface area contributed by atoms with Gasteiger partial charge in [0, 0.05) is 6.54 Å². The number of halogens is 1. The Morgan fingerprint density at radius 2 is 2.29 bits per heavy atom.